The van der Waals surface area contributed by atoms with Crippen molar-refractivity contribution >= 4 is 22.5 Å². The lowest BCUT2D eigenvalue weighted by Crippen LogP contribution is -2.43. The monoisotopic (exact) mass is 472 g/mol. The first-order valence-electron chi connectivity index (χ1n) is 12.8. The maximum absolute atomic E-state index is 11.4. The molecule has 3 aliphatic rings. The minimum atomic E-state index is -0.199. The largest absolute Gasteiger partial charge is 0.507 e. The molecule has 0 bridgehead atoms. The molecule has 1 saturated carbocycles. The van der Waals surface area contributed by atoms with Crippen molar-refractivity contribution in [3.8, 4) is 22.6 Å². The smallest absolute Gasteiger partial charge is 0.158 e. The number of phenols is 1. The molecule has 0 amide bonds. The van der Waals surface area contributed by atoms with E-state index >= 15 is 0 Å². The molecule has 0 aromatic heterocycles. The molecule has 178 valence electrons. The van der Waals surface area contributed by atoms with Crippen LogP contribution in [-0.4, -0.2) is 10.0 Å². The number of thioether (sulfide) groups is 1. The van der Waals surface area contributed by atoms with Crippen LogP contribution in [-0.2, 0) is 5.41 Å². The topological polar surface area (TPSA) is 29.5 Å². The number of fused-ring (bicyclic) bond motifs is 8. The highest BCUT2D eigenvalue weighted by atomic mass is 32.2. The van der Waals surface area contributed by atoms with Gasteiger partial charge in [-0.25, -0.2) is 0 Å². The van der Waals surface area contributed by atoms with Crippen LogP contribution in [0.15, 0.2) is 47.4 Å². The molecule has 2 aliphatic carbocycles. The van der Waals surface area contributed by atoms with Crippen LogP contribution < -0.4 is 4.74 Å². The fraction of sp³-hybridized carbons (Fsp3) is 0.484. The number of ether oxygens (including phenoxy) is 1. The Labute approximate surface area is 208 Å². The van der Waals surface area contributed by atoms with E-state index in [4.69, 9.17) is 4.74 Å². The molecule has 3 heteroatoms. The van der Waals surface area contributed by atoms with Crippen molar-refractivity contribution in [3.05, 3.63) is 53.6 Å². The molecule has 0 radical (unpaired) electrons. The third-order valence-corrected chi connectivity index (χ3v) is 10.2. The predicted molar refractivity (Wildman–Crippen MR) is 143 cm³/mol. The van der Waals surface area contributed by atoms with Crippen molar-refractivity contribution in [2.24, 2.45) is 10.8 Å². The van der Waals surface area contributed by atoms with Gasteiger partial charge < -0.3 is 9.84 Å². The van der Waals surface area contributed by atoms with Gasteiger partial charge in [-0.2, -0.15) is 0 Å². The molecule has 34 heavy (non-hydrogen) atoms. The van der Waals surface area contributed by atoms with Crippen LogP contribution in [0.25, 0.3) is 21.9 Å². The molecule has 1 spiro atoms. The first-order chi connectivity index (χ1) is 16.0. The van der Waals surface area contributed by atoms with Gasteiger partial charge in [-0.05, 0) is 88.8 Å². The maximum atomic E-state index is 11.4. The van der Waals surface area contributed by atoms with Crippen molar-refractivity contribution < 1.29 is 9.84 Å². The van der Waals surface area contributed by atoms with Crippen molar-refractivity contribution in [1.29, 1.82) is 0 Å². The van der Waals surface area contributed by atoms with Gasteiger partial charge in [0.25, 0.3) is 0 Å². The van der Waals surface area contributed by atoms with Gasteiger partial charge in [0.15, 0.2) is 4.93 Å². The number of rotatable bonds is 2. The lowest BCUT2D eigenvalue weighted by Gasteiger charge is -2.51. The Balaban J connectivity index is 1.65. The third-order valence-electron chi connectivity index (χ3n) is 8.59. The lowest BCUT2D eigenvalue weighted by molar-refractivity contribution is 0.0645. The molecule has 3 aromatic carbocycles. The van der Waals surface area contributed by atoms with Gasteiger partial charge in [-0.1, -0.05) is 77.6 Å². The molecule has 0 saturated heterocycles. The van der Waals surface area contributed by atoms with Crippen LogP contribution in [0.2, 0.25) is 0 Å². The maximum Gasteiger partial charge on any atom is 0.158 e. The van der Waals surface area contributed by atoms with Crippen molar-refractivity contribution in [1.82, 2.24) is 0 Å². The summed E-state index contributed by atoms with van der Waals surface area (Å²) in [5.74, 6) is 1.29. The standard InChI is InChI=1S/C31H36O2S/c1-7-31(8-2)33-25-13-20-21(14-26(25)34-31)27-19-11-9-10-12-22(19)30(23(27)15-24(20)32)17-28(3,4)16-29(5,6)18-30/h9-15,32H,7-8,16-18H2,1-6H3. The zero-order valence-corrected chi connectivity index (χ0v) is 22.2. The Bertz CT molecular complexity index is 1310. The van der Waals surface area contributed by atoms with Gasteiger partial charge in [0.1, 0.15) is 11.5 Å². The Kier molecular flexibility index (Phi) is 4.58. The van der Waals surface area contributed by atoms with E-state index in [1.165, 1.54) is 39.0 Å². The molecular formula is C31H36O2S. The zero-order chi connectivity index (χ0) is 24.1. The number of hydrogen-bond donors (Lipinski definition) is 1. The summed E-state index contributed by atoms with van der Waals surface area (Å²) in [6, 6.07) is 15.5. The first-order valence-corrected chi connectivity index (χ1v) is 13.7. The minimum absolute atomic E-state index is 0.0674. The van der Waals surface area contributed by atoms with Crippen LogP contribution in [0.1, 0.15) is 84.8 Å². The van der Waals surface area contributed by atoms with Gasteiger partial charge in [0.2, 0.25) is 0 Å². The molecule has 0 unspecified atom stereocenters. The van der Waals surface area contributed by atoms with E-state index in [0.29, 0.717) is 5.75 Å². The van der Waals surface area contributed by atoms with Crippen LogP contribution in [0.4, 0.5) is 0 Å². The quantitative estimate of drug-likeness (QED) is 0.403. The number of aromatic hydroxyl groups is 1. The Morgan fingerprint density at radius 2 is 1.53 bits per heavy atom. The molecule has 1 heterocycles. The highest BCUT2D eigenvalue weighted by molar-refractivity contribution is 8.00. The summed E-state index contributed by atoms with van der Waals surface area (Å²) in [5, 5.41) is 13.5. The Hall–Kier alpha value is -2.13. The summed E-state index contributed by atoms with van der Waals surface area (Å²) in [5.41, 5.74) is 5.82. The van der Waals surface area contributed by atoms with Gasteiger partial charge in [0.05, 0.1) is 4.90 Å². The van der Waals surface area contributed by atoms with Crippen LogP contribution >= 0.6 is 11.8 Å². The Morgan fingerprint density at radius 3 is 2.21 bits per heavy atom. The molecular weight excluding hydrogens is 436 g/mol. The minimum Gasteiger partial charge on any atom is -0.507 e. The summed E-state index contributed by atoms with van der Waals surface area (Å²) >= 11 is 1.85. The highest BCUT2D eigenvalue weighted by Crippen LogP contribution is 2.65. The van der Waals surface area contributed by atoms with Gasteiger partial charge in [-0.15, -0.1) is 0 Å². The second kappa shape index (κ2) is 6.97. The zero-order valence-electron chi connectivity index (χ0n) is 21.3. The summed E-state index contributed by atoms with van der Waals surface area (Å²) in [6.45, 7) is 14.1. The van der Waals surface area contributed by atoms with Crippen molar-refractivity contribution in [2.75, 3.05) is 0 Å². The van der Waals surface area contributed by atoms with E-state index in [1.807, 2.05) is 11.8 Å². The molecule has 6 rings (SSSR count). The second-order valence-electron chi connectivity index (χ2n) is 12.5. The number of phenolic OH excluding ortho intramolecular Hbond substituents is 1. The van der Waals surface area contributed by atoms with Gasteiger partial charge >= 0.3 is 0 Å². The van der Waals surface area contributed by atoms with E-state index in [-0.39, 0.29) is 21.2 Å². The van der Waals surface area contributed by atoms with E-state index < -0.39 is 0 Å². The summed E-state index contributed by atoms with van der Waals surface area (Å²) in [4.78, 5) is 1.00. The van der Waals surface area contributed by atoms with Crippen molar-refractivity contribution in [3.63, 3.8) is 0 Å². The third kappa shape index (κ3) is 3.02. The molecule has 2 nitrogen and oxygen atoms in total. The number of benzene rings is 3. The van der Waals surface area contributed by atoms with Gasteiger partial charge in [-0.3, -0.25) is 0 Å². The van der Waals surface area contributed by atoms with Crippen LogP contribution in [0.3, 0.4) is 0 Å². The van der Waals surface area contributed by atoms with E-state index in [0.717, 1.165) is 36.8 Å². The van der Waals surface area contributed by atoms with Gasteiger partial charge in [0, 0.05) is 10.8 Å². The summed E-state index contributed by atoms with van der Waals surface area (Å²) in [7, 11) is 0. The molecule has 0 atom stereocenters. The lowest BCUT2D eigenvalue weighted by atomic mass is 9.52. The highest BCUT2D eigenvalue weighted by Gasteiger charge is 2.53. The molecule has 1 aliphatic heterocycles. The molecule has 1 N–H and O–H groups in total. The SMILES string of the molecule is CCC1(CC)Oc2cc3c(O)cc4c(c3cc2S1)-c1ccccc1C41CC(C)(C)CC(C)(C)C1. The molecule has 3 aromatic rings. The first kappa shape index (κ1) is 22.3. The average Bonchev–Trinajstić information content (AvgIpc) is 3.25. The predicted octanol–water partition coefficient (Wildman–Crippen LogP) is 9.05. The van der Waals surface area contributed by atoms with E-state index in [1.54, 1.807) is 0 Å². The normalized spacial score (nSPS) is 22.3. The van der Waals surface area contributed by atoms with Crippen LogP contribution in [0, 0.1) is 10.8 Å². The van der Waals surface area contributed by atoms with Crippen molar-refractivity contribution in [2.45, 2.75) is 88.9 Å². The Morgan fingerprint density at radius 1 is 0.853 bits per heavy atom. The summed E-state index contributed by atoms with van der Waals surface area (Å²) in [6.07, 6.45) is 5.35. The summed E-state index contributed by atoms with van der Waals surface area (Å²) < 4.78 is 6.46. The number of hydrogen-bond acceptors (Lipinski definition) is 3. The van der Waals surface area contributed by atoms with E-state index in [9.17, 15) is 5.11 Å². The fourth-order valence-corrected chi connectivity index (χ4v) is 9.16. The second-order valence-corrected chi connectivity index (χ2v) is 13.9. The van der Waals surface area contributed by atoms with E-state index in [2.05, 4.69) is 84.0 Å². The molecule has 1 fully saturated rings. The average molecular weight is 473 g/mol. The fourth-order valence-electron chi connectivity index (χ4n) is 7.96. The van der Waals surface area contributed by atoms with Crippen LogP contribution in [0.5, 0.6) is 11.5 Å².